The molecule has 0 aromatic heterocycles. The van der Waals surface area contributed by atoms with Crippen LogP contribution in [0.3, 0.4) is 0 Å². The van der Waals surface area contributed by atoms with Gasteiger partial charge in [0.05, 0.1) is 30.7 Å². The zero-order valence-electron chi connectivity index (χ0n) is 21.9. The highest BCUT2D eigenvalue weighted by Crippen LogP contribution is 2.37. The van der Waals surface area contributed by atoms with Crippen LogP contribution in [-0.4, -0.2) is 67.2 Å². The van der Waals surface area contributed by atoms with Gasteiger partial charge in [-0.25, -0.2) is 4.39 Å². The molecule has 1 atom stereocenters. The van der Waals surface area contributed by atoms with Gasteiger partial charge in [0.15, 0.2) is 0 Å². The van der Waals surface area contributed by atoms with Crippen LogP contribution in [0, 0.1) is 17.1 Å². The third kappa shape index (κ3) is 6.23. The van der Waals surface area contributed by atoms with Crippen molar-refractivity contribution in [2.75, 3.05) is 33.3 Å². The van der Waals surface area contributed by atoms with Gasteiger partial charge in [-0.1, -0.05) is 23.7 Å². The fraction of sp³-hybridized carbons (Fsp3) is 0.448. The highest BCUT2D eigenvalue weighted by Gasteiger charge is 2.38. The van der Waals surface area contributed by atoms with Crippen LogP contribution in [0.15, 0.2) is 36.4 Å². The fourth-order valence-corrected chi connectivity index (χ4v) is 5.54. The third-order valence-electron chi connectivity index (χ3n) is 7.70. The van der Waals surface area contributed by atoms with Gasteiger partial charge in [-0.15, -0.1) is 0 Å². The molecule has 39 heavy (non-hydrogen) atoms. The molecule has 0 spiro atoms. The van der Waals surface area contributed by atoms with E-state index in [-0.39, 0.29) is 31.2 Å². The van der Waals surface area contributed by atoms with Gasteiger partial charge in [0.2, 0.25) is 5.91 Å². The number of nitrogens with one attached hydrogen (secondary N) is 1. The number of fused-ring (bicyclic) bond motifs is 1. The number of rotatable bonds is 11. The maximum Gasteiger partial charge on any atom is 0.255 e. The summed E-state index contributed by atoms with van der Waals surface area (Å²) in [5, 5.41) is 12.7. The lowest BCUT2D eigenvalue weighted by molar-refractivity contribution is -0.121. The van der Waals surface area contributed by atoms with E-state index in [4.69, 9.17) is 16.3 Å². The zero-order valence-corrected chi connectivity index (χ0v) is 22.7. The number of halogens is 2. The summed E-state index contributed by atoms with van der Waals surface area (Å²) in [5.74, 6) is -0.251. The van der Waals surface area contributed by atoms with Crippen molar-refractivity contribution in [2.24, 2.45) is 0 Å². The topological polar surface area (TPSA) is 103 Å². The van der Waals surface area contributed by atoms with E-state index in [0.717, 1.165) is 18.5 Å². The van der Waals surface area contributed by atoms with E-state index in [0.29, 0.717) is 60.7 Å². The first-order valence-electron chi connectivity index (χ1n) is 13.1. The van der Waals surface area contributed by atoms with Gasteiger partial charge >= 0.3 is 0 Å². The van der Waals surface area contributed by atoms with Gasteiger partial charge in [0.1, 0.15) is 17.9 Å². The van der Waals surface area contributed by atoms with Crippen LogP contribution in [-0.2, 0) is 21.5 Å². The lowest BCUT2D eigenvalue weighted by Gasteiger charge is -2.37. The Balaban J connectivity index is 1.29. The number of carbonyl (C=O) groups excluding carboxylic acids is 3. The monoisotopic (exact) mass is 554 g/mol. The predicted octanol–water partition coefficient (Wildman–Crippen LogP) is 3.85. The van der Waals surface area contributed by atoms with Crippen LogP contribution in [0.2, 0.25) is 5.02 Å². The molecule has 2 aromatic rings. The highest BCUT2D eigenvalue weighted by molar-refractivity contribution is 6.30. The SMILES string of the molecule is CNC(=O)CCC(C=O)N1Cc2c(OCCCN3CCC(C#N)(c4ccc(Cl)cc4F)CC3)cccc2C1=O. The Kier molecular flexibility index (Phi) is 9.20. The summed E-state index contributed by atoms with van der Waals surface area (Å²) in [6.45, 7) is 2.79. The van der Waals surface area contributed by atoms with Crippen molar-refractivity contribution >= 4 is 29.7 Å². The molecule has 2 heterocycles. The molecule has 0 saturated carbocycles. The molecule has 10 heteroatoms. The van der Waals surface area contributed by atoms with Crippen LogP contribution in [0.25, 0.3) is 0 Å². The molecule has 2 amide bonds. The summed E-state index contributed by atoms with van der Waals surface area (Å²) in [4.78, 5) is 40.0. The Hall–Kier alpha value is -3.48. The molecule has 1 saturated heterocycles. The summed E-state index contributed by atoms with van der Waals surface area (Å²) in [7, 11) is 1.53. The van der Waals surface area contributed by atoms with Crippen LogP contribution in [0.5, 0.6) is 5.75 Å². The fourth-order valence-electron chi connectivity index (χ4n) is 5.38. The van der Waals surface area contributed by atoms with Gasteiger partial charge in [0, 0.05) is 41.7 Å². The Morgan fingerprint density at radius 3 is 2.74 bits per heavy atom. The van der Waals surface area contributed by atoms with Crippen molar-refractivity contribution in [3.8, 4) is 11.8 Å². The minimum Gasteiger partial charge on any atom is -0.493 e. The van der Waals surface area contributed by atoms with Crippen LogP contribution >= 0.6 is 11.6 Å². The van der Waals surface area contributed by atoms with Crippen molar-refractivity contribution in [1.29, 1.82) is 5.26 Å². The molecule has 8 nitrogen and oxygen atoms in total. The number of hydrogen-bond donors (Lipinski definition) is 1. The number of ether oxygens (including phenoxy) is 1. The largest absolute Gasteiger partial charge is 0.493 e. The molecule has 0 radical (unpaired) electrons. The number of nitriles is 1. The summed E-state index contributed by atoms with van der Waals surface area (Å²) in [5.41, 5.74) is 0.808. The standard InChI is InChI=1S/C29H32ClFN4O4/c1-33-27(37)9-7-21(18-36)35-17-23-22(28(35)38)4-2-5-26(23)39-15-3-12-34-13-10-29(19-32,11-14-34)24-8-6-20(30)16-25(24)31/h2,4-6,8,16,18,21H,3,7,9-15,17H2,1H3,(H,33,37). The van der Waals surface area contributed by atoms with Crippen molar-refractivity contribution in [3.05, 3.63) is 63.9 Å². The normalized spacial score (nSPS) is 17.3. The number of benzene rings is 2. The molecular weight excluding hydrogens is 523 g/mol. The second-order valence-electron chi connectivity index (χ2n) is 9.99. The number of amides is 2. The van der Waals surface area contributed by atoms with Gasteiger partial charge in [-0.3, -0.25) is 9.59 Å². The molecule has 1 fully saturated rings. The molecule has 0 bridgehead atoms. The summed E-state index contributed by atoms with van der Waals surface area (Å²) in [6, 6.07) is 11.5. The van der Waals surface area contributed by atoms with Crippen molar-refractivity contribution in [2.45, 2.75) is 50.1 Å². The van der Waals surface area contributed by atoms with Crippen LogP contribution in [0.4, 0.5) is 4.39 Å². The first-order chi connectivity index (χ1) is 18.8. The van der Waals surface area contributed by atoms with E-state index in [1.165, 1.54) is 18.0 Å². The average molecular weight is 555 g/mol. The number of piperidine rings is 1. The number of aldehydes is 1. The zero-order chi connectivity index (χ0) is 28.0. The smallest absolute Gasteiger partial charge is 0.255 e. The Labute approximate surface area is 232 Å². The van der Waals surface area contributed by atoms with Crippen molar-refractivity contribution < 1.29 is 23.5 Å². The number of likely N-dealkylation sites (tertiary alicyclic amines) is 1. The van der Waals surface area contributed by atoms with E-state index < -0.39 is 17.3 Å². The molecular formula is C29H32ClFN4O4. The van der Waals surface area contributed by atoms with E-state index in [1.54, 1.807) is 24.3 Å². The lowest BCUT2D eigenvalue weighted by Crippen LogP contribution is -2.42. The number of hydrogen-bond acceptors (Lipinski definition) is 6. The van der Waals surface area contributed by atoms with Crippen LogP contribution < -0.4 is 10.1 Å². The van der Waals surface area contributed by atoms with E-state index in [1.807, 2.05) is 6.07 Å². The minimum absolute atomic E-state index is 0.157. The quantitative estimate of drug-likeness (QED) is 0.334. The Morgan fingerprint density at radius 1 is 1.31 bits per heavy atom. The first kappa shape index (κ1) is 28.5. The predicted molar refractivity (Wildman–Crippen MR) is 144 cm³/mol. The molecule has 4 rings (SSSR count). The maximum atomic E-state index is 14.5. The summed E-state index contributed by atoms with van der Waals surface area (Å²) in [6.07, 6.45) is 2.93. The Morgan fingerprint density at radius 2 is 2.08 bits per heavy atom. The van der Waals surface area contributed by atoms with Gasteiger partial charge in [0.25, 0.3) is 5.91 Å². The molecule has 2 aliphatic rings. The summed E-state index contributed by atoms with van der Waals surface area (Å²) >= 11 is 5.89. The highest BCUT2D eigenvalue weighted by atomic mass is 35.5. The first-order valence-corrected chi connectivity index (χ1v) is 13.5. The van der Waals surface area contributed by atoms with Gasteiger partial charge in [-0.2, -0.15) is 5.26 Å². The number of nitrogens with zero attached hydrogens (tertiary/aromatic N) is 3. The Bertz CT molecular complexity index is 1270. The number of carbonyl (C=O) groups is 3. The maximum absolute atomic E-state index is 14.5. The molecule has 0 aliphatic carbocycles. The molecule has 206 valence electrons. The molecule has 2 aromatic carbocycles. The third-order valence-corrected chi connectivity index (χ3v) is 7.94. The van der Waals surface area contributed by atoms with Crippen molar-refractivity contribution in [3.63, 3.8) is 0 Å². The average Bonchev–Trinajstić information content (AvgIpc) is 3.28. The van der Waals surface area contributed by atoms with E-state index >= 15 is 0 Å². The second kappa shape index (κ2) is 12.6. The van der Waals surface area contributed by atoms with E-state index in [9.17, 15) is 24.0 Å². The molecule has 2 aliphatic heterocycles. The second-order valence-corrected chi connectivity index (χ2v) is 10.4. The van der Waals surface area contributed by atoms with Crippen LogP contribution in [0.1, 0.15) is 53.6 Å². The van der Waals surface area contributed by atoms with Gasteiger partial charge in [-0.05, 0) is 63.0 Å². The van der Waals surface area contributed by atoms with Gasteiger partial charge < -0.3 is 24.6 Å². The van der Waals surface area contributed by atoms with Crippen molar-refractivity contribution in [1.82, 2.24) is 15.1 Å². The molecule has 1 unspecified atom stereocenters. The molecule has 1 N–H and O–H groups in total. The lowest BCUT2D eigenvalue weighted by atomic mass is 9.74. The summed E-state index contributed by atoms with van der Waals surface area (Å²) < 4.78 is 20.6. The van der Waals surface area contributed by atoms with E-state index in [2.05, 4.69) is 16.3 Å². The minimum atomic E-state index is -0.857.